The van der Waals surface area contributed by atoms with Gasteiger partial charge in [0.1, 0.15) is 0 Å². The van der Waals surface area contributed by atoms with Crippen LogP contribution in [0.3, 0.4) is 0 Å². The molecule has 2 atom stereocenters. The summed E-state index contributed by atoms with van der Waals surface area (Å²) in [4.78, 5) is 13.5. The molecular weight excluding hydrogens is 264 g/mol. The molecule has 0 bridgehead atoms. The average Bonchev–Trinajstić information content (AvgIpc) is 3.10. The fourth-order valence-corrected chi connectivity index (χ4v) is 2.28. The molecule has 0 spiro atoms. The molecule has 112 valence electrons. The van der Waals surface area contributed by atoms with Crippen LogP contribution in [0, 0.1) is 0 Å². The second-order valence-electron chi connectivity index (χ2n) is 4.65. The first-order chi connectivity index (χ1) is 9.67. The van der Waals surface area contributed by atoms with Gasteiger partial charge in [-0.05, 0) is 0 Å². The van der Waals surface area contributed by atoms with Crippen molar-refractivity contribution in [1.29, 1.82) is 0 Å². The Labute approximate surface area is 117 Å². The number of likely N-dealkylation sites (tertiary alicyclic amines) is 1. The van der Waals surface area contributed by atoms with Crippen LogP contribution in [0.4, 0.5) is 0 Å². The largest absolute Gasteiger partial charge is 0.377 e. The molecule has 1 aliphatic rings. The molecule has 3 N–H and O–H groups in total. The number of carbonyl (C=O) groups excluding carboxylic acids is 1. The molecule has 2 unspecified atom stereocenters. The van der Waals surface area contributed by atoms with Crippen molar-refractivity contribution in [1.82, 2.24) is 25.3 Å². The van der Waals surface area contributed by atoms with Crippen LogP contribution in [0.25, 0.3) is 0 Å². The van der Waals surface area contributed by atoms with Gasteiger partial charge in [0.25, 0.3) is 5.91 Å². The van der Waals surface area contributed by atoms with Gasteiger partial charge in [-0.2, -0.15) is 0 Å². The molecule has 1 aromatic rings. The van der Waals surface area contributed by atoms with Crippen molar-refractivity contribution in [2.24, 2.45) is 5.84 Å². The number of hydrogen-bond donors (Lipinski definition) is 2. The maximum atomic E-state index is 11.3. The van der Waals surface area contributed by atoms with Crippen LogP contribution < -0.4 is 11.3 Å². The summed E-state index contributed by atoms with van der Waals surface area (Å²) in [5.74, 6) is 4.59. The maximum absolute atomic E-state index is 11.3. The quantitative estimate of drug-likeness (QED) is 0.361. The minimum atomic E-state index is -0.448. The number of nitrogens with one attached hydrogen (secondary N) is 1. The van der Waals surface area contributed by atoms with Crippen LogP contribution in [-0.2, 0) is 16.0 Å². The Morgan fingerprint density at radius 2 is 2.05 bits per heavy atom. The van der Waals surface area contributed by atoms with Gasteiger partial charge in [-0.3, -0.25) is 19.8 Å². The van der Waals surface area contributed by atoms with Gasteiger partial charge in [-0.25, -0.2) is 5.84 Å². The minimum Gasteiger partial charge on any atom is -0.377 e. The predicted molar refractivity (Wildman–Crippen MR) is 69.7 cm³/mol. The number of methoxy groups -OCH3 is 2. The van der Waals surface area contributed by atoms with Gasteiger partial charge in [0.2, 0.25) is 0 Å². The molecule has 1 fully saturated rings. The van der Waals surface area contributed by atoms with Crippen molar-refractivity contribution in [3.63, 3.8) is 0 Å². The highest BCUT2D eigenvalue weighted by atomic mass is 16.5. The number of hydrogen-bond acceptors (Lipinski definition) is 7. The van der Waals surface area contributed by atoms with E-state index in [1.807, 2.05) is 5.43 Å². The molecule has 0 saturated carbocycles. The van der Waals surface area contributed by atoms with Gasteiger partial charge in [0, 0.05) is 33.9 Å². The molecule has 0 aromatic carbocycles. The standard InChI is InChI=1S/C11H20N6O3/c1-19-9-6-16(7-10(9)20-2)3-4-17-5-8(14-15-17)11(18)13-12/h5,9-10H,3-4,6-7,12H2,1-2H3,(H,13,18). The SMILES string of the molecule is COC1CN(CCn2cc(C(=O)NN)nn2)CC1OC. The lowest BCUT2D eigenvalue weighted by Crippen LogP contribution is -2.30. The summed E-state index contributed by atoms with van der Waals surface area (Å²) in [5.41, 5.74) is 2.23. The van der Waals surface area contributed by atoms with Gasteiger partial charge < -0.3 is 9.47 Å². The molecule has 0 aliphatic carbocycles. The van der Waals surface area contributed by atoms with Crippen molar-refractivity contribution >= 4 is 5.91 Å². The van der Waals surface area contributed by atoms with Gasteiger partial charge in [-0.1, -0.05) is 5.21 Å². The lowest BCUT2D eigenvalue weighted by molar-refractivity contribution is -0.00461. The number of rotatable bonds is 6. The van der Waals surface area contributed by atoms with Gasteiger partial charge in [0.15, 0.2) is 5.69 Å². The molecule has 1 saturated heterocycles. The van der Waals surface area contributed by atoms with Gasteiger partial charge in [-0.15, -0.1) is 5.10 Å². The van der Waals surface area contributed by atoms with Gasteiger partial charge >= 0.3 is 0 Å². The van der Waals surface area contributed by atoms with E-state index in [0.717, 1.165) is 19.6 Å². The number of hydrazine groups is 1. The molecule has 1 aromatic heterocycles. The molecule has 9 heteroatoms. The second-order valence-corrected chi connectivity index (χ2v) is 4.65. The molecule has 2 heterocycles. The van der Waals surface area contributed by atoms with Crippen molar-refractivity contribution in [2.45, 2.75) is 18.8 Å². The van der Waals surface area contributed by atoms with Crippen LogP contribution in [0.15, 0.2) is 6.20 Å². The smallest absolute Gasteiger partial charge is 0.287 e. The zero-order valence-corrected chi connectivity index (χ0v) is 11.7. The molecule has 1 aliphatic heterocycles. The summed E-state index contributed by atoms with van der Waals surface area (Å²) >= 11 is 0. The summed E-state index contributed by atoms with van der Waals surface area (Å²) in [7, 11) is 3.38. The van der Waals surface area contributed by atoms with E-state index in [2.05, 4.69) is 15.2 Å². The van der Waals surface area contributed by atoms with E-state index in [1.54, 1.807) is 25.1 Å². The Morgan fingerprint density at radius 3 is 2.60 bits per heavy atom. The van der Waals surface area contributed by atoms with Gasteiger partial charge in [0.05, 0.1) is 24.9 Å². The normalized spacial score (nSPS) is 23.1. The van der Waals surface area contributed by atoms with E-state index in [1.165, 1.54) is 0 Å². The topological polar surface area (TPSA) is 108 Å². The number of carbonyl (C=O) groups is 1. The predicted octanol–water partition coefficient (Wildman–Crippen LogP) is -1.77. The minimum absolute atomic E-state index is 0.0920. The molecule has 2 rings (SSSR count). The van der Waals surface area contributed by atoms with E-state index in [9.17, 15) is 4.79 Å². The number of ether oxygens (including phenoxy) is 2. The summed E-state index contributed by atoms with van der Waals surface area (Å²) in [6.45, 7) is 3.06. The van der Waals surface area contributed by atoms with Crippen molar-refractivity contribution in [3.05, 3.63) is 11.9 Å². The lowest BCUT2D eigenvalue weighted by Gasteiger charge is -2.14. The Hall–Kier alpha value is -1.55. The van der Waals surface area contributed by atoms with Crippen LogP contribution >= 0.6 is 0 Å². The zero-order valence-electron chi connectivity index (χ0n) is 11.7. The molecule has 20 heavy (non-hydrogen) atoms. The van der Waals surface area contributed by atoms with Crippen molar-refractivity contribution < 1.29 is 14.3 Å². The van der Waals surface area contributed by atoms with Crippen molar-refractivity contribution in [2.75, 3.05) is 33.9 Å². The van der Waals surface area contributed by atoms with Crippen molar-refractivity contribution in [3.8, 4) is 0 Å². The third-order valence-corrected chi connectivity index (χ3v) is 3.44. The fourth-order valence-electron chi connectivity index (χ4n) is 2.28. The third-order valence-electron chi connectivity index (χ3n) is 3.44. The monoisotopic (exact) mass is 284 g/mol. The molecular formula is C11H20N6O3. The van der Waals surface area contributed by atoms with E-state index >= 15 is 0 Å². The highest BCUT2D eigenvalue weighted by molar-refractivity contribution is 5.91. The van der Waals surface area contributed by atoms with E-state index in [0.29, 0.717) is 6.54 Å². The summed E-state index contributed by atoms with van der Waals surface area (Å²) in [5, 5.41) is 7.63. The molecule has 9 nitrogen and oxygen atoms in total. The number of aromatic nitrogens is 3. The summed E-state index contributed by atoms with van der Waals surface area (Å²) in [6, 6.07) is 0. The van der Waals surface area contributed by atoms with E-state index < -0.39 is 5.91 Å². The zero-order chi connectivity index (χ0) is 14.5. The first-order valence-corrected chi connectivity index (χ1v) is 6.37. The average molecular weight is 284 g/mol. The Balaban J connectivity index is 1.84. The highest BCUT2D eigenvalue weighted by Gasteiger charge is 2.32. The van der Waals surface area contributed by atoms with Crippen LogP contribution in [-0.4, -0.2) is 71.9 Å². The fraction of sp³-hybridized carbons (Fsp3) is 0.727. The third kappa shape index (κ3) is 3.31. The number of nitrogens with zero attached hydrogens (tertiary/aromatic N) is 4. The Morgan fingerprint density at radius 1 is 1.40 bits per heavy atom. The van der Waals surface area contributed by atoms with E-state index in [4.69, 9.17) is 15.3 Å². The Bertz CT molecular complexity index is 439. The molecule has 1 amide bonds. The number of amides is 1. The summed E-state index contributed by atoms with van der Waals surface area (Å²) < 4.78 is 12.4. The first-order valence-electron chi connectivity index (χ1n) is 6.37. The van der Waals surface area contributed by atoms with Crippen LogP contribution in [0.1, 0.15) is 10.5 Å². The summed E-state index contributed by atoms with van der Waals surface area (Å²) in [6.07, 6.45) is 1.75. The number of nitrogens with two attached hydrogens (primary N) is 1. The lowest BCUT2D eigenvalue weighted by atomic mass is 10.3. The Kier molecular flexibility index (Phi) is 5.01. The van der Waals surface area contributed by atoms with E-state index in [-0.39, 0.29) is 17.9 Å². The molecule has 0 radical (unpaired) electrons. The highest BCUT2D eigenvalue weighted by Crippen LogP contribution is 2.15. The number of nitrogen functional groups attached to an aromatic ring is 1. The van der Waals surface area contributed by atoms with Crippen LogP contribution in [0.5, 0.6) is 0 Å². The van der Waals surface area contributed by atoms with Crippen LogP contribution in [0.2, 0.25) is 0 Å². The maximum Gasteiger partial charge on any atom is 0.287 e. The second kappa shape index (κ2) is 6.75. The first kappa shape index (κ1) is 14.9.